The van der Waals surface area contributed by atoms with Gasteiger partial charge >= 0.3 is 0 Å². The summed E-state index contributed by atoms with van der Waals surface area (Å²) in [5, 5.41) is 16.7. The maximum absolute atomic E-state index is 12.4. The van der Waals surface area contributed by atoms with Gasteiger partial charge in [-0.2, -0.15) is 9.19 Å². The summed E-state index contributed by atoms with van der Waals surface area (Å²) >= 11 is 0. The number of pyridine rings is 1. The van der Waals surface area contributed by atoms with Gasteiger partial charge in [0.1, 0.15) is 29.6 Å². The molecule has 1 saturated carbocycles. The molecule has 188 valence electrons. The SMILES string of the molecule is O=S(=O)(C1CC1)n1cc(-c2nccc(Nc3cc4c(cn3)nc(CO)n4CCc3ccccc3)n2)cn1. The molecule has 0 amide bonds. The van der Waals surface area contributed by atoms with Crippen molar-refractivity contribution in [1.29, 1.82) is 0 Å². The predicted molar refractivity (Wildman–Crippen MR) is 137 cm³/mol. The number of aliphatic hydroxyl groups excluding tert-OH is 1. The highest BCUT2D eigenvalue weighted by atomic mass is 32.2. The monoisotopic (exact) mass is 516 g/mol. The Labute approximate surface area is 212 Å². The van der Waals surface area contributed by atoms with Crippen LogP contribution in [0, 0.1) is 0 Å². The van der Waals surface area contributed by atoms with Gasteiger partial charge in [0.25, 0.3) is 10.0 Å². The lowest BCUT2D eigenvalue weighted by molar-refractivity contribution is 0.266. The number of nitrogens with zero attached hydrogens (tertiary/aromatic N) is 7. The van der Waals surface area contributed by atoms with Crippen molar-refractivity contribution in [3.63, 3.8) is 0 Å². The number of benzene rings is 1. The zero-order valence-electron chi connectivity index (χ0n) is 19.8. The van der Waals surface area contributed by atoms with Gasteiger partial charge in [0.05, 0.1) is 34.9 Å². The average Bonchev–Trinajstić information content (AvgIpc) is 3.56. The third-order valence-electron chi connectivity index (χ3n) is 6.26. The Hall–Kier alpha value is -4.16. The minimum absolute atomic E-state index is 0.175. The number of aliphatic hydroxyl groups is 1. The van der Waals surface area contributed by atoms with Gasteiger partial charge in [-0.25, -0.2) is 28.4 Å². The van der Waals surface area contributed by atoms with E-state index in [1.807, 2.05) is 28.8 Å². The molecule has 0 radical (unpaired) electrons. The molecule has 12 heteroatoms. The van der Waals surface area contributed by atoms with Gasteiger partial charge < -0.3 is 15.0 Å². The molecule has 1 fully saturated rings. The molecule has 0 spiro atoms. The summed E-state index contributed by atoms with van der Waals surface area (Å²) in [5.74, 6) is 1.97. The molecule has 11 nitrogen and oxygen atoms in total. The van der Waals surface area contributed by atoms with Crippen molar-refractivity contribution >= 4 is 32.7 Å². The first-order valence-corrected chi connectivity index (χ1v) is 13.4. The number of fused-ring (bicyclic) bond motifs is 1. The predicted octanol–water partition coefficient (Wildman–Crippen LogP) is 2.90. The van der Waals surface area contributed by atoms with Crippen molar-refractivity contribution < 1.29 is 13.5 Å². The third-order valence-corrected chi connectivity index (χ3v) is 8.29. The molecule has 37 heavy (non-hydrogen) atoms. The molecular formula is C25H24N8O3S. The van der Waals surface area contributed by atoms with Crippen LogP contribution in [0.25, 0.3) is 22.4 Å². The highest BCUT2D eigenvalue weighted by Crippen LogP contribution is 2.30. The molecule has 1 aromatic carbocycles. The molecule has 0 unspecified atom stereocenters. The fourth-order valence-corrected chi connectivity index (χ4v) is 5.66. The lowest BCUT2D eigenvalue weighted by Gasteiger charge is -2.09. The molecule has 0 aliphatic heterocycles. The largest absolute Gasteiger partial charge is 0.388 e. The summed E-state index contributed by atoms with van der Waals surface area (Å²) in [4.78, 5) is 17.8. The molecule has 4 aromatic heterocycles. The molecule has 1 aliphatic carbocycles. The average molecular weight is 517 g/mol. The van der Waals surface area contributed by atoms with E-state index in [0.29, 0.717) is 53.8 Å². The van der Waals surface area contributed by atoms with Crippen LogP contribution in [-0.2, 0) is 29.6 Å². The highest BCUT2D eigenvalue weighted by Gasteiger charge is 2.37. The van der Waals surface area contributed by atoms with Crippen LogP contribution in [0.15, 0.2) is 67.3 Å². The fraction of sp³-hybridized carbons (Fsp3) is 0.240. The molecule has 6 rings (SSSR count). The summed E-state index contributed by atoms with van der Waals surface area (Å²) in [7, 11) is -3.46. The molecule has 0 bridgehead atoms. The first kappa shape index (κ1) is 23.3. The molecule has 2 N–H and O–H groups in total. The van der Waals surface area contributed by atoms with E-state index in [0.717, 1.165) is 16.0 Å². The quantitative estimate of drug-likeness (QED) is 0.302. The Morgan fingerprint density at radius 1 is 1.03 bits per heavy atom. The summed E-state index contributed by atoms with van der Waals surface area (Å²) in [6.45, 7) is 0.483. The van der Waals surface area contributed by atoms with Crippen LogP contribution in [0.1, 0.15) is 24.2 Å². The lowest BCUT2D eigenvalue weighted by atomic mass is 10.1. The minimum Gasteiger partial charge on any atom is -0.388 e. The second-order valence-corrected chi connectivity index (χ2v) is 10.9. The van der Waals surface area contributed by atoms with Crippen LogP contribution in [0.3, 0.4) is 0 Å². The number of aromatic nitrogens is 7. The van der Waals surface area contributed by atoms with Crippen LogP contribution < -0.4 is 5.32 Å². The number of nitrogens with one attached hydrogen (secondary N) is 1. The van der Waals surface area contributed by atoms with Crippen LogP contribution in [0.5, 0.6) is 0 Å². The van der Waals surface area contributed by atoms with Crippen molar-refractivity contribution in [2.75, 3.05) is 5.32 Å². The zero-order valence-corrected chi connectivity index (χ0v) is 20.6. The minimum atomic E-state index is -3.46. The second-order valence-electron chi connectivity index (χ2n) is 8.87. The molecular weight excluding hydrogens is 492 g/mol. The van der Waals surface area contributed by atoms with Gasteiger partial charge in [-0.1, -0.05) is 30.3 Å². The molecule has 5 aromatic rings. The molecule has 4 heterocycles. The van der Waals surface area contributed by atoms with E-state index in [-0.39, 0.29) is 11.9 Å². The van der Waals surface area contributed by atoms with E-state index >= 15 is 0 Å². The summed E-state index contributed by atoms with van der Waals surface area (Å²) in [6, 6.07) is 13.7. The van der Waals surface area contributed by atoms with Crippen LogP contribution in [-0.4, -0.2) is 52.5 Å². The van der Waals surface area contributed by atoms with E-state index < -0.39 is 10.0 Å². The highest BCUT2D eigenvalue weighted by molar-refractivity contribution is 7.90. The van der Waals surface area contributed by atoms with Gasteiger partial charge in [-0.3, -0.25) is 0 Å². The Balaban J connectivity index is 1.25. The first-order valence-electron chi connectivity index (χ1n) is 11.9. The number of aryl methyl sites for hydroxylation is 2. The molecule has 0 saturated heterocycles. The van der Waals surface area contributed by atoms with Gasteiger partial charge in [-0.05, 0) is 30.9 Å². The normalized spacial score (nSPS) is 13.8. The number of anilines is 2. The van der Waals surface area contributed by atoms with Gasteiger partial charge in [0.2, 0.25) is 0 Å². The Morgan fingerprint density at radius 3 is 2.65 bits per heavy atom. The van der Waals surface area contributed by atoms with E-state index in [1.54, 1.807) is 18.5 Å². The van der Waals surface area contributed by atoms with Crippen LogP contribution in [0.2, 0.25) is 0 Å². The number of imidazole rings is 1. The van der Waals surface area contributed by atoms with E-state index in [4.69, 9.17) is 0 Å². The summed E-state index contributed by atoms with van der Waals surface area (Å²) < 4.78 is 27.9. The maximum Gasteiger partial charge on any atom is 0.256 e. The number of hydrogen-bond acceptors (Lipinski definition) is 9. The smallest absolute Gasteiger partial charge is 0.256 e. The van der Waals surface area contributed by atoms with Crippen molar-refractivity contribution in [2.45, 2.75) is 37.7 Å². The van der Waals surface area contributed by atoms with Crippen LogP contribution in [0.4, 0.5) is 11.6 Å². The van der Waals surface area contributed by atoms with Crippen LogP contribution >= 0.6 is 0 Å². The number of hydrogen-bond donors (Lipinski definition) is 2. The van der Waals surface area contributed by atoms with Crippen molar-refractivity contribution in [3.8, 4) is 11.4 Å². The third kappa shape index (κ3) is 4.68. The summed E-state index contributed by atoms with van der Waals surface area (Å²) in [5.41, 5.74) is 3.24. The standard InChI is InChI=1S/C25H24N8O3S/c34-16-24-29-20-14-27-23(12-21(20)32(24)11-9-17-4-2-1-3-5-17)30-22-8-10-26-25(31-22)18-13-28-33(15-18)37(35,36)19-6-7-19/h1-5,8,10,12-15,19,34H,6-7,9,11,16H2,(H,26,27,30,31). The van der Waals surface area contributed by atoms with Gasteiger partial charge in [0, 0.05) is 18.8 Å². The molecule has 0 atom stereocenters. The van der Waals surface area contributed by atoms with E-state index in [2.05, 4.69) is 42.5 Å². The second kappa shape index (κ2) is 9.37. The van der Waals surface area contributed by atoms with Crippen molar-refractivity contribution in [2.24, 2.45) is 0 Å². The topological polar surface area (TPSA) is 141 Å². The first-order chi connectivity index (χ1) is 18.0. The molecule has 1 aliphatic rings. The Kier molecular flexibility index (Phi) is 5.89. The van der Waals surface area contributed by atoms with Gasteiger partial charge in [-0.15, -0.1) is 0 Å². The van der Waals surface area contributed by atoms with E-state index in [1.165, 1.54) is 18.0 Å². The van der Waals surface area contributed by atoms with E-state index in [9.17, 15) is 13.5 Å². The fourth-order valence-electron chi connectivity index (χ4n) is 4.18. The summed E-state index contributed by atoms with van der Waals surface area (Å²) in [6.07, 6.45) is 8.26. The number of rotatable bonds is 9. The lowest BCUT2D eigenvalue weighted by Crippen LogP contribution is -2.17. The van der Waals surface area contributed by atoms with Crippen molar-refractivity contribution in [3.05, 3.63) is 78.6 Å². The maximum atomic E-state index is 12.4. The Morgan fingerprint density at radius 2 is 1.86 bits per heavy atom. The zero-order chi connectivity index (χ0) is 25.4. The Bertz CT molecular complexity index is 1680. The van der Waals surface area contributed by atoms with Crippen molar-refractivity contribution in [1.82, 2.24) is 33.7 Å². The van der Waals surface area contributed by atoms with Gasteiger partial charge in [0.15, 0.2) is 5.82 Å².